The fraction of sp³-hybridized carbons (Fsp3) is 0.929. The van der Waals surface area contributed by atoms with Gasteiger partial charge in [-0.25, -0.2) is 0 Å². The van der Waals surface area contributed by atoms with Gasteiger partial charge >= 0.3 is 0 Å². The van der Waals surface area contributed by atoms with Crippen LogP contribution < -0.4 is 11.1 Å². The zero-order chi connectivity index (χ0) is 13.0. The summed E-state index contributed by atoms with van der Waals surface area (Å²) in [6, 6.07) is 0.519. The Hall–Kier alpha value is -0.610. The molecule has 0 radical (unpaired) electrons. The second-order valence-electron chi connectivity index (χ2n) is 5.76. The van der Waals surface area contributed by atoms with Gasteiger partial charge in [0.2, 0.25) is 5.91 Å². The van der Waals surface area contributed by atoms with Gasteiger partial charge in [0.1, 0.15) is 0 Å². The van der Waals surface area contributed by atoms with Crippen LogP contribution in [-0.2, 0) is 4.79 Å². The highest BCUT2D eigenvalue weighted by atomic mass is 16.1. The number of hydrogen-bond acceptors (Lipinski definition) is 3. The van der Waals surface area contributed by atoms with Crippen LogP contribution in [0.2, 0.25) is 0 Å². The highest BCUT2D eigenvalue weighted by molar-refractivity contribution is 5.80. The van der Waals surface area contributed by atoms with E-state index < -0.39 is 0 Å². The van der Waals surface area contributed by atoms with E-state index in [1.54, 1.807) is 0 Å². The summed E-state index contributed by atoms with van der Waals surface area (Å²) in [6.45, 7) is 4.75. The zero-order valence-corrected chi connectivity index (χ0v) is 11.5. The Bertz CT molecular complexity index is 276. The average Bonchev–Trinajstić information content (AvgIpc) is 2.97. The lowest BCUT2D eigenvalue weighted by atomic mass is 9.96. The summed E-state index contributed by atoms with van der Waals surface area (Å²) in [5.74, 6) is 0.650. The summed E-state index contributed by atoms with van der Waals surface area (Å²) >= 11 is 0. The molecule has 1 saturated heterocycles. The van der Waals surface area contributed by atoms with Gasteiger partial charge < -0.3 is 11.1 Å². The molecule has 2 atom stereocenters. The topological polar surface area (TPSA) is 58.4 Å². The Kier molecular flexibility index (Phi) is 5.01. The van der Waals surface area contributed by atoms with E-state index in [1.807, 2.05) is 6.92 Å². The Balaban J connectivity index is 1.91. The number of carbonyl (C=O) groups excluding carboxylic acids is 1. The minimum atomic E-state index is -0.214. The van der Waals surface area contributed by atoms with Crippen molar-refractivity contribution in [2.75, 3.05) is 19.6 Å². The van der Waals surface area contributed by atoms with Gasteiger partial charge in [0.05, 0.1) is 6.04 Å². The second-order valence-corrected chi connectivity index (χ2v) is 5.76. The molecule has 1 heterocycles. The number of hydrogen-bond donors (Lipinski definition) is 2. The average molecular weight is 253 g/mol. The van der Waals surface area contributed by atoms with Crippen molar-refractivity contribution in [2.45, 2.75) is 57.5 Å². The van der Waals surface area contributed by atoms with Crippen molar-refractivity contribution in [1.29, 1.82) is 0 Å². The molecule has 1 amide bonds. The van der Waals surface area contributed by atoms with Crippen LogP contribution in [0, 0.1) is 5.92 Å². The first kappa shape index (κ1) is 13.8. The Morgan fingerprint density at radius 1 is 1.33 bits per heavy atom. The molecule has 18 heavy (non-hydrogen) atoms. The number of nitrogens with zero attached hydrogens (tertiary/aromatic N) is 1. The zero-order valence-electron chi connectivity index (χ0n) is 11.5. The smallest absolute Gasteiger partial charge is 0.235 e. The molecular weight excluding hydrogens is 226 g/mol. The van der Waals surface area contributed by atoms with Crippen LogP contribution in [0.25, 0.3) is 0 Å². The summed E-state index contributed by atoms with van der Waals surface area (Å²) in [6.07, 6.45) is 8.12. The molecule has 104 valence electrons. The van der Waals surface area contributed by atoms with Crippen LogP contribution in [0.15, 0.2) is 0 Å². The lowest BCUT2D eigenvalue weighted by molar-refractivity contribution is -0.120. The molecule has 0 spiro atoms. The lowest BCUT2D eigenvalue weighted by Gasteiger charge is -2.31. The standard InChI is InChI=1S/C14H27N3O/c1-2-16-12(14(15)18)10-17-9-5-8-13(17)11-6-3-4-7-11/h11-13,16H,2-10H2,1H3,(H2,15,18). The molecule has 0 aromatic carbocycles. The maximum absolute atomic E-state index is 11.4. The van der Waals surface area contributed by atoms with Crippen LogP contribution >= 0.6 is 0 Å². The molecule has 0 bridgehead atoms. The van der Waals surface area contributed by atoms with Crippen LogP contribution in [0.1, 0.15) is 45.4 Å². The van der Waals surface area contributed by atoms with Crippen molar-refractivity contribution in [3.63, 3.8) is 0 Å². The number of likely N-dealkylation sites (N-methyl/N-ethyl adjacent to an activating group) is 1. The van der Waals surface area contributed by atoms with E-state index in [-0.39, 0.29) is 11.9 Å². The summed E-state index contributed by atoms with van der Waals surface area (Å²) in [4.78, 5) is 13.9. The minimum absolute atomic E-state index is 0.183. The van der Waals surface area contributed by atoms with E-state index >= 15 is 0 Å². The van der Waals surface area contributed by atoms with Gasteiger partial charge in [-0.2, -0.15) is 0 Å². The summed E-state index contributed by atoms with van der Waals surface area (Å²) in [7, 11) is 0. The maximum atomic E-state index is 11.4. The molecular formula is C14H27N3O. The first-order valence-electron chi connectivity index (χ1n) is 7.49. The van der Waals surface area contributed by atoms with Gasteiger partial charge in [0.15, 0.2) is 0 Å². The molecule has 2 fully saturated rings. The molecule has 1 saturated carbocycles. The number of nitrogens with two attached hydrogens (primary N) is 1. The fourth-order valence-electron chi connectivity index (χ4n) is 3.69. The molecule has 4 heteroatoms. The Morgan fingerprint density at radius 3 is 2.67 bits per heavy atom. The molecule has 0 aromatic heterocycles. The van der Waals surface area contributed by atoms with Gasteiger partial charge in [-0.1, -0.05) is 19.8 Å². The molecule has 3 N–H and O–H groups in total. The third-order valence-corrected chi connectivity index (χ3v) is 4.57. The summed E-state index contributed by atoms with van der Waals surface area (Å²) in [5, 5.41) is 3.20. The van der Waals surface area contributed by atoms with Crippen molar-refractivity contribution < 1.29 is 4.79 Å². The van der Waals surface area contributed by atoms with Crippen LogP contribution in [0.4, 0.5) is 0 Å². The Labute approximate surface area is 110 Å². The molecule has 2 rings (SSSR count). The van der Waals surface area contributed by atoms with Gasteiger partial charge in [-0.15, -0.1) is 0 Å². The van der Waals surface area contributed by atoms with Gasteiger partial charge in [0.25, 0.3) is 0 Å². The van der Waals surface area contributed by atoms with Crippen molar-refractivity contribution in [1.82, 2.24) is 10.2 Å². The van der Waals surface area contributed by atoms with E-state index in [2.05, 4.69) is 10.2 Å². The molecule has 1 aliphatic heterocycles. The van der Waals surface area contributed by atoms with Crippen LogP contribution in [0.3, 0.4) is 0 Å². The number of carbonyl (C=O) groups is 1. The Morgan fingerprint density at radius 2 is 2.06 bits per heavy atom. The third kappa shape index (κ3) is 3.23. The van der Waals surface area contributed by atoms with E-state index in [0.29, 0.717) is 6.04 Å². The lowest BCUT2D eigenvalue weighted by Crippen LogP contribution is -2.51. The van der Waals surface area contributed by atoms with Crippen molar-refractivity contribution in [3.05, 3.63) is 0 Å². The van der Waals surface area contributed by atoms with Crippen LogP contribution in [-0.4, -0.2) is 42.5 Å². The highest BCUT2D eigenvalue weighted by Gasteiger charge is 2.34. The van der Waals surface area contributed by atoms with Gasteiger partial charge in [0, 0.05) is 12.6 Å². The number of amides is 1. The molecule has 2 unspecified atom stereocenters. The normalized spacial score (nSPS) is 27.7. The predicted molar refractivity (Wildman–Crippen MR) is 73.2 cm³/mol. The maximum Gasteiger partial charge on any atom is 0.235 e. The number of rotatable bonds is 6. The third-order valence-electron chi connectivity index (χ3n) is 4.57. The molecule has 4 nitrogen and oxygen atoms in total. The van der Waals surface area contributed by atoms with E-state index in [9.17, 15) is 4.79 Å². The molecule has 0 aromatic rings. The predicted octanol–water partition coefficient (Wildman–Crippen LogP) is 1.10. The highest BCUT2D eigenvalue weighted by Crippen LogP contribution is 2.35. The van der Waals surface area contributed by atoms with E-state index in [1.165, 1.54) is 38.5 Å². The largest absolute Gasteiger partial charge is 0.368 e. The van der Waals surface area contributed by atoms with E-state index in [0.717, 1.165) is 25.6 Å². The first-order chi connectivity index (χ1) is 8.72. The van der Waals surface area contributed by atoms with Crippen molar-refractivity contribution in [3.8, 4) is 0 Å². The second kappa shape index (κ2) is 6.53. The molecule has 1 aliphatic carbocycles. The monoisotopic (exact) mass is 253 g/mol. The SMILES string of the molecule is CCNC(CN1CCCC1C1CCCC1)C(N)=O. The number of primary amides is 1. The van der Waals surface area contributed by atoms with Gasteiger partial charge in [-0.3, -0.25) is 9.69 Å². The molecule has 2 aliphatic rings. The van der Waals surface area contributed by atoms with Crippen LogP contribution in [0.5, 0.6) is 0 Å². The summed E-state index contributed by atoms with van der Waals surface area (Å²) < 4.78 is 0. The quantitative estimate of drug-likeness (QED) is 0.745. The summed E-state index contributed by atoms with van der Waals surface area (Å²) in [5.41, 5.74) is 5.47. The first-order valence-corrected chi connectivity index (χ1v) is 7.49. The van der Waals surface area contributed by atoms with Crippen molar-refractivity contribution in [2.24, 2.45) is 11.7 Å². The fourth-order valence-corrected chi connectivity index (χ4v) is 3.69. The minimum Gasteiger partial charge on any atom is -0.368 e. The number of nitrogens with one attached hydrogen (secondary N) is 1. The number of likely N-dealkylation sites (tertiary alicyclic amines) is 1. The van der Waals surface area contributed by atoms with Crippen molar-refractivity contribution >= 4 is 5.91 Å². The van der Waals surface area contributed by atoms with Gasteiger partial charge in [-0.05, 0) is 44.7 Å². The van der Waals surface area contributed by atoms with E-state index in [4.69, 9.17) is 5.73 Å².